The fraction of sp³-hybridized carbons (Fsp3) is 0.118. The smallest absolute Gasteiger partial charge is 0.267 e. The number of hydrogen-bond donors (Lipinski definition) is 2. The molecule has 128 valence electrons. The molecule has 0 radical (unpaired) electrons. The van der Waals surface area contributed by atoms with Gasteiger partial charge in [-0.25, -0.2) is 4.98 Å². The molecule has 0 saturated heterocycles. The van der Waals surface area contributed by atoms with Crippen LogP contribution in [-0.4, -0.2) is 23.1 Å². The quantitative estimate of drug-likeness (QED) is 0.615. The topological polar surface area (TPSA) is 71.1 Å². The van der Waals surface area contributed by atoms with Gasteiger partial charge in [-0.05, 0) is 29.8 Å². The van der Waals surface area contributed by atoms with Crippen LogP contribution in [0.5, 0.6) is 0 Å². The minimum atomic E-state index is -0.186. The Balaban J connectivity index is 1.59. The molecule has 0 bridgehead atoms. The predicted molar refractivity (Wildman–Crippen MR) is 105 cm³/mol. The van der Waals surface area contributed by atoms with Crippen molar-refractivity contribution < 1.29 is 9.59 Å². The summed E-state index contributed by atoms with van der Waals surface area (Å²) in [7, 11) is 0. The number of thiophene rings is 1. The number of anilines is 2. The van der Waals surface area contributed by atoms with Gasteiger partial charge in [-0.3, -0.25) is 14.9 Å². The number of nitrogens with one attached hydrogen (secondary N) is 2. The van der Waals surface area contributed by atoms with Crippen molar-refractivity contribution in [1.82, 2.24) is 4.98 Å². The van der Waals surface area contributed by atoms with Gasteiger partial charge >= 0.3 is 0 Å². The molecular formula is C17H15N3O2S3. The molecule has 25 heavy (non-hydrogen) atoms. The molecule has 5 nitrogen and oxygen atoms in total. The molecule has 2 N–H and O–H groups in total. The van der Waals surface area contributed by atoms with Crippen LogP contribution in [0.3, 0.4) is 0 Å². The number of carbonyl (C=O) groups is 2. The zero-order valence-corrected chi connectivity index (χ0v) is 15.8. The lowest BCUT2D eigenvalue weighted by Crippen LogP contribution is -2.15. The molecule has 8 heteroatoms. The molecular weight excluding hydrogens is 374 g/mol. The Kier molecular flexibility index (Phi) is 5.85. The fourth-order valence-corrected chi connectivity index (χ4v) is 4.00. The monoisotopic (exact) mass is 389 g/mol. The van der Waals surface area contributed by atoms with Gasteiger partial charge in [0.25, 0.3) is 5.91 Å². The number of aromatic nitrogens is 1. The van der Waals surface area contributed by atoms with Crippen molar-refractivity contribution in [2.75, 3.05) is 16.9 Å². The molecule has 0 aliphatic rings. The van der Waals surface area contributed by atoms with E-state index in [0.29, 0.717) is 15.7 Å². The Morgan fingerprint density at radius 1 is 1.12 bits per heavy atom. The average Bonchev–Trinajstić information content (AvgIpc) is 3.27. The number of benzene rings is 1. The first-order chi connectivity index (χ1) is 12.2. The summed E-state index contributed by atoms with van der Waals surface area (Å²) >= 11 is 4.26. The SMILES string of the molecule is CSc1ccccc1NC(=O)Cc1csc(NC(=O)c2cccs2)n1. The lowest BCUT2D eigenvalue weighted by molar-refractivity contribution is -0.115. The van der Waals surface area contributed by atoms with Crippen LogP contribution in [0.1, 0.15) is 15.4 Å². The number of para-hydroxylation sites is 1. The van der Waals surface area contributed by atoms with Crippen LogP contribution in [0.4, 0.5) is 10.8 Å². The van der Waals surface area contributed by atoms with Crippen molar-refractivity contribution in [3.05, 3.63) is 57.7 Å². The minimum absolute atomic E-state index is 0.136. The van der Waals surface area contributed by atoms with Crippen LogP contribution < -0.4 is 10.6 Å². The summed E-state index contributed by atoms with van der Waals surface area (Å²) in [5, 5.41) is 9.77. The number of nitrogens with zero attached hydrogens (tertiary/aromatic N) is 1. The van der Waals surface area contributed by atoms with Crippen molar-refractivity contribution in [1.29, 1.82) is 0 Å². The standard InChI is InChI=1S/C17H15N3O2S3/c1-23-13-6-3-2-5-12(13)19-15(21)9-11-10-25-17(18-11)20-16(22)14-7-4-8-24-14/h2-8,10H,9H2,1H3,(H,19,21)(H,18,20,22). The maximum atomic E-state index is 12.2. The number of amides is 2. The second-order valence-electron chi connectivity index (χ2n) is 5.00. The van der Waals surface area contributed by atoms with Crippen LogP contribution >= 0.6 is 34.4 Å². The van der Waals surface area contributed by atoms with Crippen LogP contribution in [-0.2, 0) is 11.2 Å². The van der Waals surface area contributed by atoms with E-state index in [1.165, 1.54) is 22.7 Å². The van der Waals surface area contributed by atoms with Crippen LogP contribution in [0, 0.1) is 0 Å². The summed E-state index contributed by atoms with van der Waals surface area (Å²) in [6.45, 7) is 0. The number of carbonyl (C=O) groups excluding carboxylic acids is 2. The molecule has 0 aliphatic carbocycles. The van der Waals surface area contributed by atoms with Crippen LogP contribution in [0.15, 0.2) is 52.1 Å². The van der Waals surface area contributed by atoms with E-state index in [1.807, 2.05) is 42.0 Å². The highest BCUT2D eigenvalue weighted by atomic mass is 32.2. The Labute approximate surface area is 157 Å². The van der Waals surface area contributed by atoms with E-state index < -0.39 is 0 Å². The second kappa shape index (κ2) is 8.28. The van der Waals surface area contributed by atoms with E-state index in [1.54, 1.807) is 23.2 Å². The molecule has 0 fully saturated rings. The maximum absolute atomic E-state index is 12.2. The van der Waals surface area contributed by atoms with Gasteiger partial charge in [0, 0.05) is 10.3 Å². The second-order valence-corrected chi connectivity index (χ2v) is 7.65. The van der Waals surface area contributed by atoms with Gasteiger partial charge in [-0.1, -0.05) is 18.2 Å². The van der Waals surface area contributed by atoms with Gasteiger partial charge in [-0.15, -0.1) is 34.4 Å². The number of rotatable bonds is 6. The van der Waals surface area contributed by atoms with E-state index in [9.17, 15) is 9.59 Å². The fourth-order valence-electron chi connectivity index (χ4n) is 2.12. The molecule has 0 aliphatic heterocycles. The Bertz CT molecular complexity index is 875. The van der Waals surface area contributed by atoms with E-state index in [0.717, 1.165) is 10.6 Å². The Morgan fingerprint density at radius 2 is 1.96 bits per heavy atom. The molecule has 3 aromatic rings. The van der Waals surface area contributed by atoms with Gasteiger partial charge < -0.3 is 5.32 Å². The third-order valence-electron chi connectivity index (χ3n) is 3.24. The zero-order valence-electron chi connectivity index (χ0n) is 13.3. The minimum Gasteiger partial charge on any atom is -0.325 e. The van der Waals surface area contributed by atoms with Crippen LogP contribution in [0.2, 0.25) is 0 Å². The largest absolute Gasteiger partial charge is 0.325 e. The normalized spacial score (nSPS) is 10.4. The van der Waals surface area contributed by atoms with E-state index in [4.69, 9.17) is 0 Å². The third-order valence-corrected chi connectivity index (χ3v) is 5.71. The zero-order chi connectivity index (χ0) is 17.6. The molecule has 0 unspecified atom stereocenters. The van der Waals surface area contributed by atoms with Gasteiger partial charge in [0.15, 0.2) is 5.13 Å². The lowest BCUT2D eigenvalue weighted by Gasteiger charge is -2.08. The van der Waals surface area contributed by atoms with E-state index >= 15 is 0 Å². The molecule has 2 amide bonds. The first-order valence-corrected chi connectivity index (χ1v) is 10.4. The highest BCUT2D eigenvalue weighted by molar-refractivity contribution is 7.98. The van der Waals surface area contributed by atoms with Gasteiger partial charge in [0.1, 0.15) is 0 Å². The summed E-state index contributed by atoms with van der Waals surface area (Å²) in [6, 6.07) is 11.2. The first kappa shape index (κ1) is 17.7. The Hall–Kier alpha value is -2.16. The third kappa shape index (κ3) is 4.68. The highest BCUT2D eigenvalue weighted by Crippen LogP contribution is 2.25. The van der Waals surface area contributed by atoms with Gasteiger partial charge in [0.2, 0.25) is 5.91 Å². The molecule has 1 aromatic carbocycles. The van der Waals surface area contributed by atoms with Crippen molar-refractivity contribution in [2.45, 2.75) is 11.3 Å². The lowest BCUT2D eigenvalue weighted by atomic mass is 10.3. The van der Waals surface area contributed by atoms with Crippen molar-refractivity contribution >= 4 is 57.1 Å². The molecule has 2 aromatic heterocycles. The molecule has 0 saturated carbocycles. The summed E-state index contributed by atoms with van der Waals surface area (Å²) in [5.41, 5.74) is 1.42. The van der Waals surface area contributed by atoms with Crippen molar-refractivity contribution in [2.24, 2.45) is 0 Å². The summed E-state index contributed by atoms with van der Waals surface area (Å²) in [4.78, 5) is 30.2. The molecule has 3 rings (SSSR count). The summed E-state index contributed by atoms with van der Waals surface area (Å²) in [5.74, 6) is -0.322. The number of thioether (sulfide) groups is 1. The van der Waals surface area contributed by atoms with E-state index in [2.05, 4.69) is 15.6 Å². The van der Waals surface area contributed by atoms with Crippen molar-refractivity contribution in [3.63, 3.8) is 0 Å². The number of thiazole rings is 1. The van der Waals surface area contributed by atoms with Crippen molar-refractivity contribution in [3.8, 4) is 0 Å². The predicted octanol–water partition coefficient (Wildman–Crippen LogP) is 4.36. The van der Waals surface area contributed by atoms with E-state index in [-0.39, 0.29) is 18.2 Å². The first-order valence-electron chi connectivity index (χ1n) is 7.38. The average molecular weight is 390 g/mol. The number of hydrogen-bond acceptors (Lipinski definition) is 6. The highest BCUT2D eigenvalue weighted by Gasteiger charge is 2.12. The van der Waals surface area contributed by atoms with Gasteiger partial charge in [0.05, 0.1) is 22.7 Å². The molecule has 0 atom stereocenters. The van der Waals surface area contributed by atoms with Crippen LogP contribution in [0.25, 0.3) is 0 Å². The summed E-state index contributed by atoms with van der Waals surface area (Å²) in [6.07, 6.45) is 2.13. The molecule has 0 spiro atoms. The molecule has 2 heterocycles. The maximum Gasteiger partial charge on any atom is 0.267 e. The summed E-state index contributed by atoms with van der Waals surface area (Å²) < 4.78 is 0. The van der Waals surface area contributed by atoms with Gasteiger partial charge in [-0.2, -0.15) is 0 Å². The Morgan fingerprint density at radius 3 is 2.72 bits per heavy atom.